The molecule has 90 valence electrons. The maximum Gasteiger partial charge on any atom is 0.131 e. The molecule has 1 aromatic heterocycles. The maximum atomic E-state index is 5.81. The van der Waals surface area contributed by atoms with Crippen LogP contribution in [0.2, 0.25) is 5.15 Å². The van der Waals surface area contributed by atoms with Gasteiger partial charge in [0.05, 0.1) is 5.60 Å². The van der Waals surface area contributed by atoms with Crippen molar-refractivity contribution in [2.24, 2.45) is 0 Å². The van der Waals surface area contributed by atoms with Gasteiger partial charge in [0.25, 0.3) is 0 Å². The Bertz CT molecular complexity index is 342. The standard InChI is InChI=1S/C12H19ClN2O/c1-9(8-12(2,3)16-4)15-10-5-6-14-11(13)7-10/h5-7,9H,8H2,1-4H3,(H,14,15). The van der Waals surface area contributed by atoms with Gasteiger partial charge < -0.3 is 10.1 Å². The van der Waals surface area contributed by atoms with E-state index in [1.807, 2.05) is 12.1 Å². The lowest BCUT2D eigenvalue weighted by atomic mass is 10.00. The highest BCUT2D eigenvalue weighted by Crippen LogP contribution is 2.19. The summed E-state index contributed by atoms with van der Waals surface area (Å²) in [6.07, 6.45) is 2.61. The second-order valence-electron chi connectivity index (χ2n) is 4.58. The molecule has 0 aliphatic carbocycles. The molecule has 1 atom stereocenters. The highest BCUT2D eigenvalue weighted by molar-refractivity contribution is 6.29. The number of halogens is 1. The second-order valence-corrected chi connectivity index (χ2v) is 4.97. The third-order valence-corrected chi connectivity index (χ3v) is 2.70. The molecule has 4 heteroatoms. The summed E-state index contributed by atoms with van der Waals surface area (Å²) in [6, 6.07) is 4.04. The number of hydrogen-bond donors (Lipinski definition) is 1. The number of methoxy groups -OCH3 is 1. The van der Waals surface area contributed by atoms with E-state index in [9.17, 15) is 0 Å². The van der Waals surface area contributed by atoms with Crippen LogP contribution in [-0.4, -0.2) is 23.7 Å². The smallest absolute Gasteiger partial charge is 0.131 e. The van der Waals surface area contributed by atoms with Gasteiger partial charge in [-0.2, -0.15) is 0 Å². The third kappa shape index (κ3) is 4.37. The number of nitrogens with zero attached hydrogens (tertiary/aromatic N) is 1. The molecule has 1 unspecified atom stereocenters. The first-order valence-corrected chi connectivity index (χ1v) is 5.74. The molecular formula is C12H19ClN2O. The average molecular weight is 243 g/mol. The molecule has 3 nitrogen and oxygen atoms in total. The van der Waals surface area contributed by atoms with Crippen LogP contribution in [0.25, 0.3) is 0 Å². The minimum atomic E-state index is -0.122. The maximum absolute atomic E-state index is 5.81. The first-order chi connectivity index (χ1) is 7.43. The van der Waals surface area contributed by atoms with Crippen LogP contribution in [0, 0.1) is 0 Å². The van der Waals surface area contributed by atoms with Gasteiger partial charge in [-0.3, -0.25) is 0 Å². The molecule has 0 radical (unpaired) electrons. The van der Waals surface area contributed by atoms with Gasteiger partial charge >= 0.3 is 0 Å². The molecule has 0 spiro atoms. The fourth-order valence-electron chi connectivity index (χ4n) is 1.65. The van der Waals surface area contributed by atoms with Crippen LogP contribution < -0.4 is 5.32 Å². The van der Waals surface area contributed by atoms with Crippen molar-refractivity contribution in [3.05, 3.63) is 23.5 Å². The van der Waals surface area contributed by atoms with Crippen LogP contribution in [0.3, 0.4) is 0 Å². The van der Waals surface area contributed by atoms with Gasteiger partial charge in [-0.25, -0.2) is 4.98 Å². The normalized spacial score (nSPS) is 13.6. The average Bonchev–Trinajstić information content (AvgIpc) is 2.16. The predicted octanol–water partition coefficient (Wildman–Crippen LogP) is 3.35. The molecule has 0 amide bonds. The fraction of sp³-hybridized carbons (Fsp3) is 0.583. The van der Waals surface area contributed by atoms with Crippen LogP contribution in [0.15, 0.2) is 18.3 Å². The van der Waals surface area contributed by atoms with Crippen LogP contribution >= 0.6 is 11.6 Å². The van der Waals surface area contributed by atoms with Crippen molar-refractivity contribution in [1.29, 1.82) is 0 Å². The third-order valence-electron chi connectivity index (χ3n) is 2.49. The Balaban J connectivity index is 2.55. The topological polar surface area (TPSA) is 34.1 Å². The summed E-state index contributed by atoms with van der Waals surface area (Å²) in [4.78, 5) is 3.94. The Morgan fingerprint density at radius 1 is 1.56 bits per heavy atom. The molecule has 0 aliphatic rings. The van der Waals surface area contributed by atoms with E-state index in [0.29, 0.717) is 11.2 Å². The predicted molar refractivity (Wildman–Crippen MR) is 68.0 cm³/mol. The van der Waals surface area contributed by atoms with Crippen molar-refractivity contribution >= 4 is 17.3 Å². The van der Waals surface area contributed by atoms with Crippen molar-refractivity contribution in [2.75, 3.05) is 12.4 Å². The Labute approximate surface area is 102 Å². The molecule has 0 aromatic carbocycles. The fourth-order valence-corrected chi connectivity index (χ4v) is 1.82. The zero-order valence-electron chi connectivity index (χ0n) is 10.2. The van der Waals surface area contributed by atoms with Crippen molar-refractivity contribution in [2.45, 2.75) is 38.8 Å². The molecule has 0 saturated carbocycles. The minimum absolute atomic E-state index is 0.122. The van der Waals surface area contributed by atoms with E-state index in [-0.39, 0.29) is 5.60 Å². The zero-order chi connectivity index (χ0) is 12.2. The highest BCUT2D eigenvalue weighted by Gasteiger charge is 2.19. The van der Waals surface area contributed by atoms with Crippen LogP contribution in [0.5, 0.6) is 0 Å². The van der Waals surface area contributed by atoms with E-state index in [1.165, 1.54) is 0 Å². The summed E-state index contributed by atoms with van der Waals surface area (Å²) < 4.78 is 5.39. The Hall–Kier alpha value is -0.800. The largest absolute Gasteiger partial charge is 0.382 e. The molecule has 1 aromatic rings. The van der Waals surface area contributed by atoms with Crippen molar-refractivity contribution in [3.63, 3.8) is 0 Å². The monoisotopic (exact) mass is 242 g/mol. The van der Waals surface area contributed by atoms with Crippen LogP contribution in [-0.2, 0) is 4.74 Å². The van der Waals surface area contributed by atoms with Gasteiger partial charge in [0.2, 0.25) is 0 Å². The van der Waals surface area contributed by atoms with E-state index >= 15 is 0 Å². The van der Waals surface area contributed by atoms with E-state index in [1.54, 1.807) is 13.3 Å². The summed E-state index contributed by atoms with van der Waals surface area (Å²) >= 11 is 5.81. The number of anilines is 1. The second kappa shape index (κ2) is 5.51. The number of pyridine rings is 1. The molecular weight excluding hydrogens is 224 g/mol. The molecule has 16 heavy (non-hydrogen) atoms. The molecule has 0 fully saturated rings. The molecule has 0 bridgehead atoms. The number of rotatable bonds is 5. The summed E-state index contributed by atoms with van der Waals surface area (Å²) in [5.41, 5.74) is 0.864. The summed E-state index contributed by atoms with van der Waals surface area (Å²) in [5.74, 6) is 0. The number of nitrogens with one attached hydrogen (secondary N) is 1. The highest BCUT2D eigenvalue weighted by atomic mass is 35.5. The quantitative estimate of drug-likeness (QED) is 0.804. The first-order valence-electron chi connectivity index (χ1n) is 5.36. The number of ether oxygens (including phenoxy) is 1. The lowest BCUT2D eigenvalue weighted by Crippen LogP contribution is -2.31. The SMILES string of the molecule is COC(C)(C)CC(C)Nc1ccnc(Cl)c1. The van der Waals surface area contributed by atoms with Gasteiger partial charge in [0.15, 0.2) is 0 Å². The van der Waals surface area contributed by atoms with Crippen molar-refractivity contribution in [3.8, 4) is 0 Å². The Morgan fingerprint density at radius 3 is 2.81 bits per heavy atom. The van der Waals surface area contributed by atoms with E-state index in [0.717, 1.165) is 12.1 Å². The van der Waals surface area contributed by atoms with Crippen molar-refractivity contribution in [1.82, 2.24) is 4.98 Å². The van der Waals surface area contributed by atoms with Gasteiger partial charge in [-0.15, -0.1) is 0 Å². The van der Waals surface area contributed by atoms with Gasteiger partial charge in [0.1, 0.15) is 5.15 Å². The van der Waals surface area contributed by atoms with Gasteiger partial charge in [-0.1, -0.05) is 11.6 Å². The van der Waals surface area contributed by atoms with E-state index < -0.39 is 0 Å². The molecule has 0 aliphatic heterocycles. The summed E-state index contributed by atoms with van der Waals surface area (Å²) in [7, 11) is 1.73. The van der Waals surface area contributed by atoms with Gasteiger partial charge in [-0.05, 0) is 39.3 Å². The molecule has 1 rings (SSSR count). The van der Waals surface area contributed by atoms with E-state index in [4.69, 9.17) is 16.3 Å². The van der Waals surface area contributed by atoms with Crippen LogP contribution in [0.4, 0.5) is 5.69 Å². The van der Waals surface area contributed by atoms with E-state index in [2.05, 4.69) is 31.1 Å². The minimum Gasteiger partial charge on any atom is -0.382 e. The number of aromatic nitrogens is 1. The lowest BCUT2D eigenvalue weighted by Gasteiger charge is -2.27. The molecule has 1 heterocycles. The summed E-state index contributed by atoms with van der Waals surface area (Å²) in [5, 5.41) is 3.87. The Kier molecular flexibility index (Phi) is 4.56. The van der Waals surface area contributed by atoms with Gasteiger partial charge in [0, 0.05) is 25.0 Å². The zero-order valence-corrected chi connectivity index (χ0v) is 11.0. The van der Waals surface area contributed by atoms with Crippen LogP contribution in [0.1, 0.15) is 27.2 Å². The van der Waals surface area contributed by atoms with Crippen molar-refractivity contribution < 1.29 is 4.74 Å². The molecule has 0 saturated heterocycles. The number of hydrogen-bond acceptors (Lipinski definition) is 3. The molecule has 1 N–H and O–H groups in total. The lowest BCUT2D eigenvalue weighted by molar-refractivity contribution is 0.0128. The first kappa shape index (κ1) is 13.3. The summed E-state index contributed by atoms with van der Waals surface area (Å²) in [6.45, 7) is 6.27. The Morgan fingerprint density at radius 2 is 2.25 bits per heavy atom.